The van der Waals surface area contributed by atoms with Gasteiger partial charge < -0.3 is 4.57 Å². The average Bonchev–Trinajstić information content (AvgIpc) is 2.12. The lowest BCUT2D eigenvalue weighted by atomic mass is 10.2. The van der Waals surface area contributed by atoms with Crippen molar-refractivity contribution >= 4 is 38.4 Å². The van der Waals surface area contributed by atoms with E-state index in [1.165, 1.54) is 10.9 Å². The van der Waals surface area contributed by atoms with Crippen molar-refractivity contribution in [1.82, 2.24) is 9.55 Å². The summed E-state index contributed by atoms with van der Waals surface area (Å²) in [5, 5.41) is 1.00. The number of halogens is 2. The van der Waals surface area contributed by atoms with Crippen LogP contribution in [0.1, 0.15) is 0 Å². The Hall–Kier alpha value is -0.870. The third-order valence-electron chi connectivity index (χ3n) is 1.94. The van der Waals surface area contributed by atoms with E-state index in [9.17, 15) is 4.79 Å². The molecule has 0 spiro atoms. The van der Waals surface area contributed by atoms with E-state index in [2.05, 4.69) is 20.9 Å². The molecule has 0 amide bonds. The molecule has 1 aromatic carbocycles. The molecule has 3 nitrogen and oxygen atoms in total. The zero-order valence-electron chi connectivity index (χ0n) is 7.29. The van der Waals surface area contributed by atoms with Gasteiger partial charge in [0.15, 0.2) is 0 Å². The Bertz CT molecular complexity index is 564. The molecule has 14 heavy (non-hydrogen) atoms. The lowest BCUT2D eigenvalue weighted by molar-refractivity contribution is 0.843. The summed E-state index contributed by atoms with van der Waals surface area (Å²) in [6.45, 7) is 0. The Morgan fingerprint density at radius 1 is 1.50 bits per heavy atom. The summed E-state index contributed by atoms with van der Waals surface area (Å²) < 4.78 is 2.20. The monoisotopic (exact) mass is 272 g/mol. The maximum absolute atomic E-state index is 11.7. The van der Waals surface area contributed by atoms with Gasteiger partial charge in [-0.3, -0.25) is 4.79 Å². The third-order valence-corrected chi connectivity index (χ3v) is 2.68. The predicted octanol–water partition coefficient (Wildman–Crippen LogP) is 2.35. The van der Waals surface area contributed by atoms with E-state index in [0.29, 0.717) is 15.9 Å². The van der Waals surface area contributed by atoms with Crippen molar-refractivity contribution in [3.63, 3.8) is 0 Å². The maximum Gasteiger partial charge on any atom is 0.261 e. The van der Waals surface area contributed by atoms with Gasteiger partial charge in [0.25, 0.3) is 5.56 Å². The zero-order chi connectivity index (χ0) is 10.3. The second kappa shape index (κ2) is 3.37. The highest BCUT2D eigenvalue weighted by Gasteiger charge is 2.06. The molecule has 0 N–H and O–H groups in total. The number of fused-ring (bicyclic) bond motifs is 1. The molecule has 5 heteroatoms. The van der Waals surface area contributed by atoms with Crippen molar-refractivity contribution in [3.05, 3.63) is 38.3 Å². The van der Waals surface area contributed by atoms with Crippen molar-refractivity contribution in [1.29, 1.82) is 0 Å². The van der Waals surface area contributed by atoms with E-state index in [4.69, 9.17) is 11.6 Å². The van der Waals surface area contributed by atoms with Crippen LogP contribution in [0.3, 0.4) is 0 Å². The number of rotatable bonds is 0. The van der Waals surface area contributed by atoms with Gasteiger partial charge in [0.1, 0.15) is 0 Å². The van der Waals surface area contributed by atoms with Crippen LogP contribution in [-0.4, -0.2) is 9.55 Å². The largest absolute Gasteiger partial charge is 0.302 e. The smallest absolute Gasteiger partial charge is 0.261 e. The predicted molar refractivity (Wildman–Crippen MR) is 59.7 cm³/mol. The van der Waals surface area contributed by atoms with Crippen LogP contribution in [0.25, 0.3) is 10.9 Å². The van der Waals surface area contributed by atoms with Crippen LogP contribution in [0, 0.1) is 0 Å². The quantitative estimate of drug-likeness (QED) is 0.738. The van der Waals surface area contributed by atoms with Crippen molar-refractivity contribution in [2.45, 2.75) is 0 Å². The van der Waals surface area contributed by atoms with E-state index in [-0.39, 0.29) is 5.56 Å². The summed E-state index contributed by atoms with van der Waals surface area (Å²) in [6, 6.07) is 3.44. The van der Waals surface area contributed by atoms with Gasteiger partial charge in [-0.15, -0.1) is 0 Å². The number of aryl methyl sites for hydroxylation is 1. The van der Waals surface area contributed by atoms with Gasteiger partial charge in [-0.1, -0.05) is 27.5 Å². The number of hydrogen-bond acceptors (Lipinski definition) is 2. The number of aromatic nitrogens is 2. The second-order valence-corrected chi connectivity index (χ2v) is 4.27. The van der Waals surface area contributed by atoms with Crippen LogP contribution in [0.4, 0.5) is 0 Å². The lowest BCUT2D eigenvalue weighted by Crippen LogP contribution is -2.16. The number of benzene rings is 1. The minimum absolute atomic E-state index is 0.0989. The van der Waals surface area contributed by atoms with Gasteiger partial charge in [-0.05, 0) is 12.1 Å². The Morgan fingerprint density at radius 3 is 2.93 bits per heavy atom. The van der Waals surface area contributed by atoms with E-state index in [1.54, 1.807) is 19.2 Å². The molecule has 0 aliphatic rings. The molecular weight excluding hydrogens is 267 g/mol. The fraction of sp³-hybridized carbons (Fsp3) is 0.111. The molecule has 0 saturated heterocycles. The molecule has 2 aromatic rings. The first-order valence-corrected chi connectivity index (χ1v) is 5.07. The van der Waals surface area contributed by atoms with E-state index >= 15 is 0 Å². The molecule has 0 fully saturated rings. The molecule has 0 aliphatic heterocycles. The van der Waals surface area contributed by atoms with E-state index < -0.39 is 0 Å². The molecule has 0 aliphatic carbocycles. The fourth-order valence-corrected chi connectivity index (χ4v) is 2.10. The van der Waals surface area contributed by atoms with Gasteiger partial charge in [0.2, 0.25) is 0 Å². The highest BCUT2D eigenvalue weighted by molar-refractivity contribution is 9.10. The third kappa shape index (κ3) is 1.44. The highest BCUT2D eigenvalue weighted by atomic mass is 79.9. The fourth-order valence-electron chi connectivity index (χ4n) is 1.25. The Morgan fingerprint density at radius 2 is 2.21 bits per heavy atom. The van der Waals surface area contributed by atoms with Gasteiger partial charge in [-0.2, -0.15) is 0 Å². The molecule has 72 valence electrons. The van der Waals surface area contributed by atoms with Gasteiger partial charge in [-0.25, -0.2) is 4.98 Å². The second-order valence-electron chi connectivity index (χ2n) is 2.94. The molecule has 0 radical (unpaired) electrons. The summed E-state index contributed by atoms with van der Waals surface area (Å²) >= 11 is 9.23. The summed E-state index contributed by atoms with van der Waals surface area (Å²) in [5.41, 5.74) is 0.441. The molecular formula is C9H6BrClN2O. The van der Waals surface area contributed by atoms with Crippen molar-refractivity contribution in [3.8, 4) is 0 Å². The minimum atomic E-state index is -0.0989. The summed E-state index contributed by atoms with van der Waals surface area (Å²) in [6.07, 6.45) is 1.46. The van der Waals surface area contributed by atoms with Crippen molar-refractivity contribution < 1.29 is 0 Å². The molecule has 0 atom stereocenters. The highest BCUT2D eigenvalue weighted by Crippen LogP contribution is 2.24. The Balaban J connectivity index is 3.03. The SMILES string of the molecule is Cn1cnc2c(Cl)cc(Br)cc2c1=O. The molecule has 0 unspecified atom stereocenters. The van der Waals surface area contributed by atoms with Crippen molar-refractivity contribution in [2.24, 2.45) is 7.05 Å². The number of hydrogen-bond donors (Lipinski definition) is 0. The first kappa shape index (κ1) is 9.68. The minimum Gasteiger partial charge on any atom is -0.302 e. The van der Waals surface area contributed by atoms with Crippen molar-refractivity contribution in [2.75, 3.05) is 0 Å². The molecule has 1 heterocycles. The van der Waals surface area contributed by atoms with Crippen LogP contribution in [0.2, 0.25) is 5.02 Å². The van der Waals surface area contributed by atoms with E-state index in [0.717, 1.165) is 4.47 Å². The molecule has 0 bridgehead atoms. The summed E-state index contributed by atoms with van der Waals surface area (Å²) in [4.78, 5) is 15.8. The zero-order valence-corrected chi connectivity index (χ0v) is 9.63. The average molecular weight is 274 g/mol. The lowest BCUT2D eigenvalue weighted by Gasteiger charge is -2.02. The molecule has 1 aromatic heterocycles. The topological polar surface area (TPSA) is 34.9 Å². The van der Waals surface area contributed by atoms with Crippen LogP contribution in [0.5, 0.6) is 0 Å². The summed E-state index contributed by atoms with van der Waals surface area (Å²) in [7, 11) is 1.66. The standard InChI is InChI=1S/C9H6BrClN2O/c1-13-4-12-8-6(9(13)14)2-5(10)3-7(8)11/h2-4H,1H3. The molecule has 0 saturated carbocycles. The van der Waals surface area contributed by atoms with Gasteiger partial charge >= 0.3 is 0 Å². The Kier molecular flexibility index (Phi) is 2.33. The molecule has 2 rings (SSSR count). The number of nitrogens with zero attached hydrogens (tertiary/aromatic N) is 2. The normalized spacial score (nSPS) is 10.8. The first-order chi connectivity index (χ1) is 6.59. The van der Waals surface area contributed by atoms with E-state index in [1.807, 2.05) is 0 Å². The van der Waals surface area contributed by atoms with Crippen LogP contribution in [0.15, 0.2) is 27.7 Å². The first-order valence-electron chi connectivity index (χ1n) is 3.90. The van der Waals surface area contributed by atoms with Crippen LogP contribution < -0.4 is 5.56 Å². The maximum atomic E-state index is 11.7. The Labute approximate surface area is 93.5 Å². The van der Waals surface area contributed by atoms with Crippen LogP contribution in [-0.2, 0) is 7.05 Å². The van der Waals surface area contributed by atoms with Gasteiger partial charge in [0.05, 0.1) is 22.3 Å². The van der Waals surface area contributed by atoms with Gasteiger partial charge in [0, 0.05) is 11.5 Å². The van der Waals surface area contributed by atoms with Crippen LogP contribution >= 0.6 is 27.5 Å². The summed E-state index contributed by atoms with van der Waals surface area (Å²) in [5.74, 6) is 0.